The summed E-state index contributed by atoms with van der Waals surface area (Å²) in [5, 5.41) is 21.8. The maximum absolute atomic E-state index is 13.5. The summed E-state index contributed by atoms with van der Waals surface area (Å²) in [6, 6.07) is 10.9. The van der Waals surface area contributed by atoms with Gasteiger partial charge in [0.15, 0.2) is 11.4 Å². The molecule has 0 saturated carbocycles. The van der Waals surface area contributed by atoms with Gasteiger partial charge in [0.2, 0.25) is 0 Å². The van der Waals surface area contributed by atoms with Crippen LogP contribution in [0.15, 0.2) is 54.7 Å². The van der Waals surface area contributed by atoms with Gasteiger partial charge < -0.3 is 20.1 Å². The first-order valence-electron chi connectivity index (χ1n) is 9.21. The minimum atomic E-state index is -1.27. The quantitative estimate of drug-likeness (QED) is 0.418. The Balaban J connectivity index is 1.99. The standard InChI is InChI=1S/C22H14ClF2N3O4/c23-18-17-15(9-26-19(21(17)31)22(32)27-10-16(29)30)28(14-7-5-13(25)6-8-14)20(18)11-1-3-12(24)4-2-11/h1-9,31H,10H2,(H,27,32)(H,29,30). The number of carboxylic acids is 1. The van der Waals surface area contributed by atoms with Crippen LogP contribution in [0.25, 0.3) is 27.8 Å². The summed E-state index contributed by atoms with van der Waals surface area (Å²) in [5.41, 5.74) is 1.21. The van der Waals surface area contributed by atoms with Crippen LogP contribution in [-0.2, 0) is 4.79 Å². The van der Waals surface area contributed by atoms with Gasteiger partial charge >= 0.3 is 5.97 Å². The molecule has 0 unspecified atom stereocenters. The highest BCUT2D eigenvalue weighted by Crippen LogP contribution is 2.44. The summed E-state index contributed by atoms with van der Waals surface area (Å²) in [7, 11) is 0. The Bertz CT molecular complexity index is 1350. The van der Waals surface area contributed by atoms with Gasteiger partial charge in [-0.2, -0.15) is 0 Å². The summed E-state index contributed by atoms with van der Waals surface area (Å²) < 4.78 is 28.6. The molecule has 0 aliphatic heterocycles. The van der Waals surface area contributed by atoms with Crippen LogP contribution >= 0.6 is 11.6 Å². The Hall–Kier alpha value is -3.98. The molecule has 3 N–H and O–H groups in total. The van der Waals surface area contributed by atoms with Crippen molar-refractivity contribution in [1.82, 2.24) is 14.9 Å². The van der Waals surface area contributed by atoms with Crippen LogP contribution < -0.4 is 5.32 Å². The number of rotatable bonds is 5. The highest BCUT2D eigenvalue weighted by Gasteiger charge is 2.25. The lowest BCUT2D eigenvalue weighted by atomic mass is 10.1. The average molecular weight is 458 g/mol. The summed E-state index contributed by atoms with van der Waals surface area (Å²) in [6.07, 6.45) is 1.28. The van der Waals surface area contributed by atoms with Crippen molar-refractivity contribution in [2.45, 2.75) is 0 Å². The highest BCUT2D eigenvalue weighted by molar-refractivity contribution is 6.39. The van der Waals surface area contributed by atoms with Crippen molar-refractivity contribution in [3.63, 3.8) is 0 Å². The van der Waals surface area contributed by atoms with Gasteiger partial charge in [0.1, 0.15) is 18.2 Å². The Morgan fingerprint density at radius 2 is 1.62 bits per heavy atom. The van der Waals surface area contributed by atoms with Gasteiger partial charge in [-0.25, -0.2) is 13.8 Å². The van der Waals surface area contributed by atoms with Crippen molar-refractivity contribution < 1.29 is 28.6 Å². The van der Waals surface area contributed by atoms with Crippen molar-refractivity contribution in [3.05, 3.63) is 77.1 Å². The fourth-order valence-corrected chi connectivity index (χ4v) is 3.72. The maximum atomic E-state index is 13.5. The number of aromatic nitrogens is 2. The predicted molar refractivity (Wildman–Crippen MR) is 113 cm³/mol. The van der Waals surface area contributed by atoms with E-state index in [1.807, 2.05) is 0 Å². The molecule has 4 aromatic rings. The lowest BCUT2D eigenvalue weighted by molar-refractivity contribution is -0.135. The van der Waals surface area contributed by atoms with Gasteiger partial charge in [0, 0.05) is 11.3 Å². The molecular formula is C22H14ClF2N3O4. The number of fused-ring (bicyclic) bond motifs is 1. The number of nitrogens with zero attached hydrogens (tertiary/aromatic N) is 2. The van der Waals surface area contributed by atoms with Crippen molar-refractivity contribution in [3.8, 4) is 22.7 Å². The number of carbonyl (C=O) groups is 2. The van der Waals surface area contributed by atoms with Crippen LogP contribution in [0, 0.1) is 11.6 Å². The zero-order chi connectivity index (χ0) is 23.0. The molecule has 0 atom stereocenters. The van der Waals surface area contributed by atoms with E-state index in [9.17, 15) is 23.5 Å². The van der Waals surface area contributed by atoms with Crippen molar-refractivity contribution in [2.75, 3.05) is 6.54 Å². The first-order chi connectivity index (χ1) is 15.3. The fraction of sp³-hybridized carbons (Fsp3) is 0.0455. The lowest BCUT2D eigenvalue weighted by Gasteiger charge is -2.12. The van der Waals surface area contributed by atoms with Crippen LogP contribution in [0.3, 0.4) is 0 Å². The van der Waals surface area contributed by atoms with Crippen molar-refractivity contribution >= 4 is 34.4 Å². The molecule has 162 valence electrons. The van der Waals surface area contributed by atoms with Crippen LogP contribution in [0.2, 0.25) is 5.02 Å². The number of aromatic hydroxyl groups is 1. The molecule has 0 bridgehead atoms. The Kier molecular flexibility index (Phi) is 5.50. The van der Waals surface area contributed by atoms with E-state index in [0.717, 1.165) is 0 Å². The second kappa shape index (κ2) is 8.27. The zero-order valence-electron chi connectivity index (χ0n) is 16.1. The van der Waals surface area contributed by atoms with Crippen molar-refractivity contribution in [2.24, 2.45) is 0 Å². The number of hydrogen-bond acceptors (Lipinski definition) is 4. The monoisotopic (exact) mass is 457 g/mol. The maximum Gasteiger partial charge on any atom is 0.322 e. The number of halogens is 3. The topological polar surface area (TPSA) is 104 Å². The second-order valence-corrected chi connectivity index (χ2v) is 7.15. The largest absolute Gasteiger partial charge is 0.505 e. The minimum absolute atomic E-state index is 0.0446. The number of amides is 1. The number of carboxylic acid groups (broad SMARTS) is 1. The molecule has 1 amide bonds. The Morgan fingerprint density at radius 1 is 1.03 bits per heavy atom. The van der Waals surface area contributed by atoms with Crippen LogP contribution in [0.5, 0.6) is 5.75 Å². The number of aliphatic carboxylic acids is 1. The molecule has 0 spiro atoms. The molecule has 32 heavy (non-hydrogen) atoms. The summed E-state index contributed by atoms with van der Waals surface area (Å²) >= 11 is 6.62. The van der Waals surface area contributed by atoms with Gasteiger partial charge in [-0.3, -0.25) is 9.59 Å². The number of nitrogens with one attached hydrogen (secondary N) is 1. The van der Waals surface area contributed by atoms with Crippen LogP contribution in [0.4, 0.5) is 8.78 Å². The molecule has 0 radical (unpaired) electrons. The number of benzene rings is 2. The third-order valence-electron chi connectivity index (χ3n) is 4.74. The smallest absolute Gasteiger partial charge is 0.322 e. The van der Waals surface area contributed by atoms with Gasteiger partial charge in [-0.15, -0.1) is 0 Å². The molecule has 2 aromatic heterocycles. The van der Waals surface area contributed by atoms with Crippen LogP contribution in [0.1, 0.15) is 10.5 Å². The Morgan fingerprint density at radius 3 is 2.22 bits per heavy atom. The summed E-state index contributed by atoms with van der Waals surface area (Å²) in [6.45, 7) is -0.664. The number of pyridine rings is 1. The number of hydrogen-bond donors (Lipinski definition) is 3. The first kappa shape index (κ1) is 21.3. The fourth-order valence-electron chi connectivity index (χ4n) is 3.34. The van der Waals surface area contributed by atoms with E-state index in [1.165, 1.54) is 54.7 Å². The zero-order valence-corrected chi connectivity index (χ0v) is 16.9. The van der Waals surface area contributed by atoms with E-state index in [4.69, 9.17) is 16.7 Å². The van der Waals surface area contributed by atoms with Crippen molar-refractivity contribution in [1.29, 1.82) is 0 Å². The van der Waals surface area contributed by atoms with E-state index < -0.39 is 41.5 Å². The van der Waals surface area contributed by atoms with E-state index in [-0.39, 0.29) is 10.4 Å². The van der Waals surface area contributed by atoms with Gasteiger partial charge in [0.25, 0.3) is 5.91 Å². The molecule has 10 heteroatoms. The predicted octanol–water partition coefficient (Wildman–Crippen LogP) is 4.14. The molecule has 0 aliphatic carbocycles. The molecule has 0 saturated heterocycles. The van der Waals surface area contributed by atoms with Gasteiger partial charge in [0.05, 0.1) is 27.8 Å². The van der Waals surface area contributed by atoms with Gasteiger partial charge in [-0.1, -0.05) is 11.6 Å². The van der Waals surface area contributed by atoms with E-state index in [0.29, 0.717) is 22.5 Å². The normalized spacial score (nSPS) is 11.0. The molecule has 0 fully saturated rings. The second-order valence-electron chi connectivity index (χ2n) is 6.77. The number of carbonyl (C=O) groups excluding carboxylic acids is 1. The molecule has 0 aliphatic rings. The summed E-state index contributed by atoms with van der Waals surface area (Å²) in [4.78, 5) is 27.0. The van der Waals surface area contributed by atoms with Gasteiger partial charge in [-0.05, 0) is 48.5 Å². The van der Waals surface area contributed by atoms with Crippen LogP contribution in [-0.4, -0.2) is 38.2 Å². The van der Waals surface area contributed by atoms with E-state index in [2.05, 4.69) is 10.3 Å². The molecular weight excluding hydrogens is 444 g/mol. The Labute approximate surface area is 184 Å². The molecule has 7 nitrogen and oxygen atoms in total. The highest BCUT2D eigenvalue weighted by atomic mass is 35.5. The SMILES string of the molecule is O=C(O)CNC(=O)c1ncc2c(c1O)c(Cl)c(-c1ccc(F)cc1)n2-c1ccc(F)cc1. The molecule has 2 heterocycles. The molecule has 2 aromatic carbocycles. The van der Waals surface area contributed by atoms with E-state index >= 15 is 0 Å². The van der Waals surface area contributed by atoms with E-state index in [1.54, 1.807) is 4.57 Å². The first-order valence-corrected chi connectivity index (χ1v) is 9.59. The third-order valence-corrected chi connectivity index (χ3v) is 5.11. The molecule has 4 rings (SSSR count). The average Bonchev–Trinajstić information content (AvgIpc) is 3.06. The third kappa shape index (κ3) is 3.74. The summed E-state index contributed by atoms with van der Waals surface area (Å²) in [5.74, 6) is -3.65. The minimum Gasteiger partial charge on any atom is -0.505 e. The lowest BCUT2D eigenvalue weighted by Crippen LogP contribution is -2.29.